The highest BCUT2D eigenvalue weighted by Crippen LogP contribution is 2.39. The fourth-order valence-electron chi connectivity index (χ4n) is 4.47. The van der Waals surface area contributed by atoms with Crippen molar-refractivity contribution in [2.24, 2.45) is 4.99 Å². The van der Waals surface area contributed by atoms with E-state index in [2.05, 4.69) is 60.7 Å². The molecule has 0 saturated carbocycles. The molecular weight excluding hydrogens is 390 g/mol. The van der Waals surface area contributed by atoms with Gasteiger partial charge < -0.3 is 19.6 Å². The Morgan fingerprint density at radius 1 is 1.10 bits per heavy atom. The maximum absolute atomic E-state index is 5.56. The van der Waals surface area contributed by atoms with Gasteiger partial charge in [0.1, 0.15) is 12.4 Å². The molecule has 1 atom stereocenters. The Hall–Kier alpha value is -3.52. The van der Waals surface area contributed by atoms with E-state index in [9.17, 15) is 0 Å². The maximum atomic E-state index is 5.56. The van der Waals surface area contributed by atoms with E-state index < -0.39 is 0 Å². The molecule has 0 aliphatic carbocycles. The second-order valence-electron chi connectivity index (χ2n) is 8.04. The molecule has 0 bridgehead atoms. The highest BCUT2D eigenvalue weighted by molar-refractivity contribution is 6.15. The third-order valence-electron chi connectivity index (χ3n) is 5.99. The van der Waals surface area contributed by atoms with Crippen LogP contribution in [0, 0.1) is 0 Å². The quantitative estimate of drug-likeness (QED) is 0.689. The van der Waals surface area contributed by atoms with Gasteiger partial charge in [0.15, 0.2) is 0 Å². The van der Waals surface area contributed by atoms with Crippen LogP contribution >= 0.6 is 0 Å². The van der Waals surface area contributed by atoms with Crippen LogP contribution in [0.4, 0.5) is 11.4 Å². The van der Waals surface area contributed by atoms with Crippen molar-refractivity contribution in [2.75, 3.05) is 23.0 Å². The first kappa shape index (κ1) is 18.3. The molecule has 3 aromatic rings. The van der Waals surface area contributed by atoms with Crippen molar-refractivity contribution in [3.05, 3.63) is 78.0 Å². The molecule has 31 heavy (non-hydrogen) atoms. The minimum Gasteiger partial charge on any atom is -0.339 e. The molecule has 1 fully saturated rings. The first-order valence-electron chi connectivity index (χ1n) is 10.7. The van der Waals surface area contributed by atoms with Crippen LogP contribution in [0.3, 0.4) is 0 Å². The minimum absolute atomic E-state index is 0.421. The van der Waals surface area contributed by atoms with Crippen LogP contribution in [0.15, 0.2) is 70.1 Å². The Labute approximate surface area is 180 Å². The lowest BCUT2D eigenvalue weighted by atomic mass is 10.1. The number of benzene rings is 1. The molecule has 8 nitrogen and oxygen atoms in total. The van der Waals surface area contributed by atoms with Gasteiger partial charge in [0.25, 0.3) is 0 Å². The topological polar surface area (TPSA) is 82.7 Å². The second-order valence-corrected chi connectivity index (χ2v) is 8.04. The molecule has 6 rings (SSSR count). The average molecular weight is 413 g/mol. The van der Waals surface area contributed by atoms with Crippen molar-refractivity contribution < 1.29 is 4.52 Å². The molecule has 0 radical (unpaired) electrons. The van der Waals surface area contributed by atoms with Crippen molar-refractivity contribution in [1.82, 2.24) is 20.4 Å². The van der Waals surface area contributed by atoms with Gasteiger partial charge in [-0.1, -0.05) is 23.4 Å². The molecular formula is C23H23N7O. The molecule has 1 N–H and O–H groups in total. The van der Waals surface area contributed by atoms with Gasteiger partial charge in [0.2, 0.25) is 11.7 Å². The summed E-state index contributed by atoms with van der Waals surface area (Å²) in [5, 5.41) is 7.73. The standard InChI is InChI=1S/C23H23N7O/c1-2-9-19-18(8-1)29(13-17-6-3-4-10-25-17)14-20-22(26-15-30(19)20)23-27-21(31-28-23)12-16-7-5-11-24-16/h1-4,6,8-10,14,16,24H,5,7,11-13,15H2. The van der Waals surface area contributed by atoms with Crippen LogP contribution in [0.1, 0.15) is 30.3 Å². The van der Waals surface area contributed by atoms with Gasteiger partial charge in [0, 0.05) is 24.9 Å². The van der Waals surface area contributed by atoms with Crippen LogP contribution in [-0.4, -0.2) is 40.1 Å². The Kier molecular flexibility index (Phi) is 4.49. The van der Waals surface area contributed by atoms with Gasteiger partial charge in [-0.05, 0) is 43.7 Å². The monoisotopic (exact) mass is 413 g/mol. The zero-order chi connectivity index (χ0) is 20.6. The summed E-state index contributed by atoms with van der Waals surface area (Å²) in [5.41, 5.74) is 5.02. The number of nitrogens with one attached hydrogen (secondary N) is 1. The lowest BCUT2D eigenvalue weighted by Crippen LogP contribution is -2.32. The summed E-state index contributed by atoms with van der Waals surface area (Å²) in [7, 11) is 0. The number of aliphatic imine (C=N–C) groups is 1. The number of rotatable bonds is 5. The predicted molar refractivity (Wildman–Crippen MR) is 118 cm³/mol. The normalized spacial score (nSPS) is 19.8. The number of hydrogen-bond acceptors (Lipinski definition) is 8. The lowest BCUT2D eigenvalue weighted by molar-refractivity contribution is 0.362. The van der Waals surface area contributed by atoms with E-state index in [-0.39, 0.29) is 0 Å². The van der Waals surface area contributed by atoms with Crippen molar-refractivity contribution >= 4 is 17.1 Å². The largest absolute Gasteiger partial charge is 0.339 e. The van der Waals surface area contributed by atoms with Crippen LogP contribution < -0.4 is 15.1 Å². The van der Waals surface area contributed by atoms with Crippen LogP contribution in [-0.2, 0) is 13.0 Å². The van der Waals surface area contributed by atoms with Crippen LogP contribution in [0.5, 0.6) is 0 Å². The molecule has 1 aromatic carbocycles. The predicted octanol–water partition coefficient (Wildman–Crippen LogP) is 2.89. The van der Waals surface area contributed by atoms with Gasteiger partial charge in [-0.15, -0.1) is 0 Å². The molecule has 5 heterocycles. The highest BCUT2D eigenvalue weighted by atomic mass is 16.5. The third-order valence-corrected chi connectivity index (χ3v) is 5.99. The molecule has 8 heteroatoms. The average Bonchev–Trinajstić information content (AvgIpc) is 3.56. The van der Waals surface area contributed by atoms with Gasteiger partial charge in [-0.3, -0.25) is 9.98 Å². The Morgan fingerprint density at radius 3 is 2.84 bits per heavy atom. The molecule has 0 amide bonds. The van der Waals surface area contributed by atoms with E-state index in [1.165, 1.54) is 6.42 Å². The number of fused-ring (bicyclic) bond motifs is 3. The fourth-order valence-corrected chi connectivity index (χ4v) is 4.47. The Morgan fingerprint density at radius 2 is 2.00 bits per heavy atom. The van der Waals surface area contributed by atoms with Crippen LogP contribution in [0.2, 0.25) is 0 Å². The van der Waals surface area contributed by atoms with E-state index in [1.54, 1.807) is 0 Å². The molecule has 2 aromatic heterocycles. The number of anilines is 2. The summed E-state index contributed by atoms with van der Waals surface area (Å²) in [6, 6.07) is 14.8. The lowest BCUT2D eigenvalue weighted by Gasteiger charge is -2.34. The van der Waals surface area contributed by atoms with Gasteiger partial charge in [-0.25, -0.2) is 0 Å². The molecule has 1 unspecified atom stereocenters. The zero-order valence-electron chi connectivity index (χ0n) is 17.1. The molecule has 3 aliphatic heterocycles. The second kappa shape index (κ2) is 7.63. The minimum atomic E-state index is 0.421. The van der Waals surface area contributed by atoms with Gasteiger partial charge >= 0.3 is 0 Å². The SMILES string of the molecule is C1=C2C(c3noc(CC4CCCN4)n3)=NCN2c2ccccc2N1Cc1ccccn1. The van der Waals surface area contributed by atoms with E-state index in [1.807, 2.05) is 24.4 Å². The molecule has 156 valence electrons. The summed E-state index contributed by atoms with van der Waals surface area (Å²) in [5.74, 6) is 1.22. The number of aromatic nitrogens is 3. The zero-order valence-corrected chi connectivity index (χ0v) is 17.1. The first-order chi connectivity index (χ1) is 15.3. The number of allylic oxidation sites excluding steroid dienone is 1. The van der Waals surface area contributed by atoms with Crippen molar-refractivity contribution in [3.8, 4) is 0 Å². The van der Waals surface area contributed by atoms with Gasteiger partial charge in [0.05, 0.1) is 29.3 Å². The molecule has 3 aliphatic rings. The Bertz CT molecular complexity index is 1150. The van der Waals surface area contributed by atoms with Crippen molar-refractivity contribution in [1.29, 1.82) is 0 Å². The highest BCUT2D eigenvalue weighted by Gasteiger charge is 2.34. The van der Waals surface area contributed by atoms with E-state index in [4.69, 9.17) is 9.52 Å². The number of para-hydroxylation sites is 2. The van der Waals surface area contributed by atoms with E-state index >= 15 is 0 Å². The maximum Gasteiger partial charge on any atom is 0.228 e. The summed E-state index contributed by atoms with van der Waals surface area (Å²) >= 11 is 0. The number of nitrogens with zero attached hydrogens (tertiary/aromatic N) is 6. The first-order valence-corrected chi connectivity index (χ1v) is 10.7. The fraction of sp³-hybridized carbons (Fsp3) is 0.304. The van der Waals surface area contributed by atoms with Crippen molar-refractivity contribution in [2.45, 2.75) is 31.8 Å². The smallest absolute Gasteiger partial charge is 0.228 e. The molecule has 1 saturated heterocycles. The summed E-state index contributed by atoms with van der Waals surface area (Å²) < 4.78 is 5.56. The van der Waals surface area contributed by atoms with E-state index in [0.717, 1.165) is 47.9 Å². The van der Waals surface area contributed by atoms with Crippen molar-refractivity contribution in [3.63, 3.8) is 0 Å². The number of hydrogen-bond donors (Lipinski definition) is 1. The summed E-state index contributed by atoms with van der Waals surface area (Å²) in [6.07, 6.45) is 7.06. The third kappa shape index (κ3) is 3.38. The van der Waals surface area contributed by atoms with Gasteiger partial charge in [-0.2, -0.15) is 4.98 Å². The number of pyridine rings is 1. The van der Waals surface area contributed by atoms with E-state index in [0.29, 0.717) is 31.0 Å². The van der Waals surface area contributed by atoms with Crippen LogP contribution in [0.25, 0.3) is 0 Å². The summed E-state index contributed by atoms with van der Waals surface area (Å²) in [4.78, 5) is 18.4. The molecule has 0 spiro atoms. The summed E-state index contributed by atoms with van der Waals surface area (Å²) in [6.45, 7) is 2.28. The Balaban J connectivity index is 1.31.